The third-order valence-corrected chi connectivity index (χ3v) is 2.18. The fourth-order valence-corrected chi connectivity index (χ4v) is 1.52. The van der Waals surface area contributed by atoms with E-state index in [0.717, 1.165) is 24.5 Å². The summed E-state index contributed by atoms with van der Waals surface area (Å²) in [7, 11) is 0. The molecule has 2 N–H and O–H groups in total. The second kappa shape index (κ2) is 3.58. The van der Waals surface area contributed by atoms with Crippen LogP contribution in [-0.2, 0) is 0 Å². The van der Waals surface area contributed by atoms with Crippen LogP contribution in [-0.4, -0.2) is 30.5 Å². The molecule has 1 heterocycles. The smallest absolute Gasteiger partial charge is 0.132 e. The summed E-state index contributed by atoms with van der Waals surface area (Å²) in [5.74, 6) is 1.03. The van der Waals surface area contributed by atoms with Crippen molar-refractivity contribution in [1.82, 2.24) is 4.90 Å². The summed E-state index contributed by atoms with van der Waals surface area (Å²) in [6.45, 7) is 2.36. The minimum Gasteiger partial charge on any atom is -0.342 e. The first-order valence-electron chi connectivity index (χ1n) is 4.46. The molecule has 0 unspecified atom stereocenters. The van der Waals surface area contributed by atoms with Crippen LogP contribution in [0.25, 0.3) is 0 Å². The lowest BCUT2D eigenvalue weighted by Gasteiger charge is -2.17. The molecule has 0 aromatic heterocycles. The highest BCUT2D eigenvalue weighted by Gasteiger charge is 2.15. The number of nitrogens with zero attached hydrogens (tertiary/aromatic N) is 2. The maximum absolute atomic E-state index is 5.61. The first-order chi connectivity index (χ1) is 6.42. The minimum atomic E-state index is 0.549. The molecule has 1 aliphatic rings. The standard InChI is InChI=1S/C10H13N3/c11-8-13-7-6-12-10(13)9-4-2-1-3-5-9/h1-5H,6-8,11H2. The minimum absolute atomic E-state index is 0.549. The fourth-order valence-electron chi connectivity index (χ4n) is 1.52. The van der Waals surface area contributed by atoms with Gasteiger partial charge in [0, 0.05) is 12.1 Å². The molecular formula is C10H13N3. The lowest BCUT2D eigenvalue weighted by molar-refractivity contribution is 0.472. The molecule has 0 aliphatic carbocycles. The van der Waals surface area contributed by atoms with E-state index < -0.39 is 0 Å². The number of rotatable bonds is 2. The van der Waals surface area contributed by atoms with E-state index in [1.54, 1.807) is 0 Å². The molecule has 1 aromatic carbocycles. The van der Waals surface area contributed by atoms with Crippen molar-refractivity contribution in [3.05, 3.63) is 35.9 Å². The van der Waals surface area contributed by atoms with E-state index >= 15 is 0 Å². The van der Waals surface area contributed by atoms with E-state index in [-0.39, 0.29) is 0 Å². The average molecular weight is 175 g/mol. The third kappa shape index (κ3) is 1.55. The zero-order valence-electron chi connectivity index (χ0n) is 7.48. The van der Waals surface area contributed by atoms with Crippen molar-refractivity contribution in [3.8, 4) is 0 Å². The normalized spacial score (nSPS) is 16.1. The van der Waals surface area contributed by atoms with Gasteiger partial charge in [-0.25, -0.2) is 0 Å². The topological polar surface area (TPSA) is 41.6 Å². The van der Waals surface area contributed by atoms with Crippen LogP contribution in [0.2, 0.25) is 0 Å². The second-order valence-corrected chi connectivity index (χ2v) is 3.02. The number of benzene rings is 1. The average Bonchev–Trinajstić information content (AvgIpc) is 2.67. The van der Waals surface area contributed by atoms with Crippen molar-refractivity contribution in [2.75, 3.05) is 19.8 Å². The lowest BCUT2D eigenvalue weighted by atomic mass is 10.2. The summed E-state index contributed by atoms with van der Waals surface area (Å²) in [6, 6.07) is 10.2. The van der Waals surface area contributed by atoms with Crippen LogP contribution in [0, 0.1) is 0 Å². The third-order valence-electron chi connectivity index (χ3n) is 2.18. The maximum atomic E-state index is 5.61. The van der Waals surface area contributed by atoms with Crippen molar-refractivity contribution < 1.29 is 0 Å². The van der Waals surface area contributed by atoms with Crippen LogP contribution in [0.3, 0.4) is 0 Å². The number of amidine groups is 1. The molecule has 68 valence electrons. The summed E-state index contributed by atoms with van der Waals surface area (Å²) in [5.41, 5.74) is 6.76. The molecule has 3 heteroatoms. The van der Waals surface area contributed by atoms with Gasteiger partial charge in [-0.15, -0.1) is 0 Å². The van der Waals surface area contributed by atoms with Gasteiger partial charge in [0.15, 0.2) is 0 Å². The SMILES string of the molecule is NCN1CCN=C1c1ccccc1. The Labute approximate surface area is 77.9 Å². The van der Waals surface area contributed by atoms with Gasteiger partial charge in [0.25, 0.3) is 0 Å². The Morgan fingerprint density at radius 3 is 2.77 bits per heavy atom. The Bertz CT molecular complexity index is 305. The Hall–Kier alpha value is -1.35. The van der Waals surface area contributed by atoms with Crippen LogP contribution in [0.5, 0.6) is 0 Å². The molecule has 0 fully saturated rings. The summed E-state index contributed by atoms with van der Waals surface area (Å²) >= 11 is 0. The van der Waals surface area contributed by atoms with Gasteiger partial charge in [0.2, 0.25) is 0 Å². The highest BCUT2D eigenvalue weighted by Crippen LogP contribution is 2.09. The Kier molecular flexibility index (Phi) is 2.27. The number of hydrogen-bond donors (Lipinski definition) is 1. The predicted molar refractivity (Wildman–Crippen MR) is 53.6 cm³/mol. The molecule has 0 saturated carbocycles. The van der Waals surface area contributed by atoms with Gasteiger partial charge < -0.3 is 10.6 Å². The monoisotopic (exact) mass is 175 g/mol. The van der Waals surface area contributed by atoms with E-state index in [4.69, 9.17) is 5.73 Å². The molecule has 2 rings (SSSR count). The van der Waals surface area contributed by atoms with Gasteiger partial charge in [0.05, 0.1) is 13.2 Å². The molecule has 0 radical (unpaired) electrons. The highest BCUT2D eigenvalue weighted by atomic mass is 15.3. The zero-order chi connectivity index (χ0) is 9.10. The maximum Gasteiger partial charge on any atom is 0.132 e. The number of aliphatic imine (C=N–C) groups is 1. The van der Waals surface area contributed by atoms with Gasteiger partial charge in [0.1, 0.15) is 5.84 Å². The molecule has 3 nitrogen and oxygen atoms in total. The summed E-state index contributed by atoms with van der Waals surface area (Å²) < 4.78 is 0. The Balaban J connectivity index is 2.26. The van der Waals surface area contributed by atoms with Crippen molar-refractivity contribution >= 4 is 5.84 Å². The van der Waals surface area contributed by atoms with Gasteiger partial charge in [-0.05, 0) is 0 Å². The molecule has 0 amide bonds. The first kappa shape index (κ1) is 8.26. The Morgan fingerprint density at radius 2 is 2.08 bits per heavy atom. The molecule has 0 saturated heterocycles. The van der Waals surface area contributed by atoms with Crippen molar-refractivity contribution in [2.45, 2.75) is 0 Å². The van der Waals surface area contributed by atoms with Crippen molar-refractivity contribution in [1.29, 1.82) is 0 Å². The molecule has 13 heavy (non-hydrogen) atoms. The van der Waals surface area contributed by atoms with Crippen LogP contribution in [0.4, 0.5) is 0 Å². The van der Waals surface area contributed by atoms with Crippen molar-refractivity contribution in [2.24, 2.45) is 10.7 Å². The van der Waals surface area contributed by atoms with E-state index in [2.05, 4.69) is 22.0 Å². The predicted octanol–water partition coefficient (Wildman–Crippen LogP) is 0.665. The van der Waals surface area contributed by atoms with Crippen LogP contribution in [0.15, 0.2) is 35.3 Å². The molecule has 1 aliphatic heterocycles. The Morgan fingerprint density at radius 1 is 1.31 bits per heavy atom. The number of hydrogen-bond acceptors (Lipinski definition) is 3. The summed E-state index contributed by atoms with van der Waals surface area (Å²) in [5, 5.41) is 0. The van der Waals surface area contributed by atoms with Gasteiger partial charge in [-0.1, -0.05) is 30.3 Å². The van der Waals surface area contributed by atoms with E-state index in [1.165, 1.54) is 0 Å². The van der Waals surface area contributed by atoms with Crippen LogP contribution in [0.1, 0.15) is 5.56 Å². The molecule has 0 spiro atoms. The summed E-state index contributed by atoms with van der Waals surface area (Å²) in [4.78, 5) is 6.51. The second-order valence-electron chi connectivity index (χ2n) is 3.02. The molecule has 0 atom stereocenters. The zero-order valence-corrected chi connectivity index (χ0v) is 7.48. The fraction of sp³-hybridized carbons (Fsp3) is 0.300. The summed E-state index contributed by atoms with van der Waals surface area (Å²) in [6.07, 6.45) is 0. The molecular weight excluding hydrogens is 162 g/mol. The van der Waals surface area contributed by atoms with E-state index in [1.807, 2.05) is 18.2 Å². The van der Waals surface area contributed by atoms with Crippen LogP contribution < -0.4 is 5.73 Å². The largest absolute Gasteiger partial charge is 0.342 e. The molecule has 0 bridgehead atoms. The van der Waals surface area contributed by atoms with Gasteiger partial charge >= 0.3 is 0 Å². The first-order valence-corrected chi connectivity index (χ1v) is 4.46. The van der Waals surface area contributed by atoms with E-state index in [9.17, 15) is 0 Å². The van der Waals surface area contributed by atoms with Gasteiger partial charge in [-0.2, -0.15) is 0 Å². The van der Waals surface area contributed by atoms with Crippen molar-refractivity contribution in [3.63, 3.8) is 0 Å². The number of nitrogens with two attached hydrogens (primary N) is 1. The van der Waals surface area contributed by atoms with E-state index in [0.29, 0.717) is 6.67 Å². The van der Waals surface area contributed by atoms with Gasteiger partial charge in [-0.3, -0.25) is 4.99 Å². The highest BCUT2D eigenvalue weighted by molar-refractivity contribution is 5.99. The lowest BCUT2D eigenvalue weighted by Crippen LogP contribution is -2.33. The van der Waals surface area contributed by atoms with Crippen LogP contribution >= 0.6 is 0 Å². The molecule has 1 aromatic rings. The quantitative estimate of drug-likeness (QED) is 0.717.